The molecule has 21 heavy (non-hydrogen) atoms. The van der Waals surface area contributed by atoms with Gasteiger partial charge in [-0.2, -0.15) is 0 Å². The number of anilines is 2. The molecule has 0 heterocycles. The van der Waals surface area contributed by atoms with E-state index in [1.54, 1.807) is 17.0 Å². The highest BCUT2D eigenvalue weighted by Crippen LogP contribution is 2.16. The first-order valence-electron chi connectivity index (χ1n) is 6.80. The highest BCUT2D eigenvalue weighted by molar-refractivity contribution is 6.01. The van der Waals surface area contributed by atoms with Crippen molar-refractivity contribution in [3.63, 3.8) is 0 Å². The van der Waals surface area contributed by atoms with Crippen molar-refractivity contribution in [3.8, 4) is 0 Å². The van der Waals surface area contributed by atoms with Gasteiger partial charge in [0, 0.05) is 17.9 Å². The summed E-state index contributed by atoms with van der Waals surface area (Å²) in [7, 11) is 0. The van der Waals surface area contributed by atoms with Crippen molar-refractivity contribution in [2.45, 2.75) is 6.42 Å². The van der Waals surface area contributed by atoms with Gasteiger partial charge in [-0.25, -0.2) is 9.18 Å². The molecule has 0 unspecified atom stereocenters. The molecule has 0 spiro atoms. The number of hydrogen-bond donors (Lipinski definition) is 2. The molecule has 2 rings (SSSR count). The maximum absolute atomic E-state index is 13.2. The molecule has 110 valence electrons. The van der Waals surface area contributed by atoms with E-state index in [9.17, 15) is 9.18 Å². The standard InChI is InChI=1S/C16H18FN3O/c17-13-6-4-7-14(12-13)19-16(21)20(11-5-10-18)15-8-2-1-3-9-15/h1-4,6-9,12H,5,10-11,18H2,(H,19,21). The van der Waals surface area contributed by atoms with Gasteiger partial charge in [-0.1, -0.05) is 24.3 Å². The lowest BCUT2D eigenvalue weighted by atomic mass is 10.2. The Morgan fingerprint density at radius 2 is 1.90 bits per heavy atom. The molecular formula is C16H18FN3O. The first-order valence-corrected chi connectivity index (χ1v) is 6.80. The minimum atomic E-state index is -0.388. The number of carbonyl (C=O) groups is 1. The number of nitrogens with zero attached hydrogens (tertiary/aromatic N) is 1. The lowest BCUT2D eigenvalue weighted by molar-refractivity contribution is 0.257. The van der Waals surface area contributed by atoms with E-state index in [0.717, 1.165) is 5.69 Å². The second-order valence-electron chi connectivity index (χ2n) is 4.57. The van der Waals surface area contributed by atoms with E-state index in [1.807, 2.05) is 30.3 Å². The first kappa shape index (κ1) is 15.0. The number of nitrogens with two attached hydrogens (primary N) is 1. The van der Waals surface area contributed by atoms with Crippen molar-refractivity contribution >= 4 is 17.4 Å². The van der Waals surface area contributed by atoms with Gasteiger partial charge in [0.05, 0.1) is 0 Å². The fourth-order valence-corrected chi connectivity index (χ4v) is 1.96. The molecule has 0 saturated carbocycles. The van der Waals surface area contributed by atoms with Crippen molar-refractivity contribution in [2.24, 2.45) is 5.73 Å². The minimum absolute atomic E-state index is 0.305. The monoisotopic (exact) mass is 287 g/mol. The number of nitrogens with one attached hydrogen (secondary N) is 1. The number of benzene rings is 2. The molecule has 0 aliphatic heterocycles. The second kappa shape index (κ2) is 7.40. The van der Waals surface area contributed by atoms with Crippen LogP contribution in [0.4, 0.5) is 20.6 Å². The molecule has 0 aliphatic carbocycles. The highest BCUT2D eigenvalue weighted by Gasteiger charge is 2.15. The summed E-state index contributed by atoms with van der Waals surface area (Å²) in [6, 6.07) is 14.8. The molecule has 2 aromatic rings. The molecule has 0 aliphatic rings. The van der Waals surface area contributed by atoms with E-state index in [2.05, 4.69) is 5.32 Å². The van der Waals surface area contributed by atoms with Crippen LogP contribution in [0.25, 0.3) is 0 Å². The zero-order chi connectivity index (χ0) is 15.1. The summed E-state index contributed by atoms with van der Waals surface area (Å²) in [5.74, 6) is -0.388. The number of carbonyl (C=O) groups excluding carboxylic acids is 1. The Hall–Kier alpha value is -2.40. The maximum atomic E-state index is 13.2. The molecule has 0 atom stereocenters. The quantitative estimate of drug-likeness (QED) is 0.887. The maximum Gasteiger partial charge on any atom is 0.326 e. The van der Waals surface area contributed by atoms with E-state index < -0.39 is 0 Å². The summed E-state index contributed by atoms with van der Waals surface area (Å²) in [6.07, 6.45) is 0.686. The molecule has 0 saturated heterocycles. The SMILES string of the molecule is NCCCN(C(=O)Nc1cccc(F)c1)c1ccccc1. The van der Waals surface area contributed by atoms with E-state index in [0.29, 0.717) is 25.2 Å². The molecule has 2 aromatic carbocycles. The van der Waals surface area contributed by atoms with Crippen LogP contribution in [0.5, 0.6) is 0 Å². The van der Waals surface area contributed by atoms with Gasteiger partial charge >= 0.3 is 6.03 Å². The Morgan fingerprint density at radius 1 is 1.14 bits per heavy atom. The van der Waals surface area contributed by atoms with Crippen LogP contribution >= 0.6 is 0 Å². The smallest absolute Gasteiger partial charge is 0.326 e. The highest BCUT2D eigenvalue weighted by atomic mass is 19.1. The predicted octanol–water partition coefficient (Wildman–Crippen LogP) is 3.21. The first-order chi connectivity index (χ1) is 10.2. The van der Waals surface area contributed by atoms with Crippen LogP contribution < -0.4 is 16.0 Å². The lowest BCUT2D eigenvalue weighted by Gasteiger charge is -2.23. The Balaban J connectivity index is 2.14. The van der Waals surface area contributed by atoms with Crippen LogP contribution in [-0.2, 0) is 0 Å². The van der Waals surface area contributed by atoms with Gasteiger partial charge < -0.3 is 11.1 Å². The number of halogens is 1. The van der Waals surface area contributed by atoms with E-state index in [4.69, 9.17) is 5.73 Å². The van der Waals surface area contributed by atoms with Crippen molar-refractivity contribution < 1.29 is 9.18 Å². The summed E-state index contributed by atoms with van der Waals surface area (Å²) in [5.41, 5.74) is 6.72. The number of rotatable bonds is 5. The second-order valence-corrected chi connectivity index (χ2v) is 4.57. The molecule has 0 bridgehead atoms. The summed E-state index contributed by atoms with van der Waals surface area (Å²) in [4.78, 5) is 14.0. The van der Waals surface area contributed by atoms with Gasteiger partial charge in [0.25, 0.3) is 0 Å². The zero-order valence-electron chi connectivity index (χ0n) is 11.6. The number of hydrogen-bond acceptors (Lipinski definition) is 2. The van der Waals surface area contributed by atoms with Crippen molar-refractivity contribution in [2.75, 3.05) is 23.3 Å². The van der Waals surface area contributed by atoms with Gasteiger partial charge in [-0.15, -0.1) is 0 Å². The van der Waals surface area contributed by atoms with Gasteiger partial charge in [-0.05, 0) is 43.3 Å². The fraction of sp³-hybridized carbons (Fsp3) is 0.188. The number of urea groups is 1. The fourth-order valence-electron chi connectivity index (χ4n) is 1.96. The largest absolute Gasteiger partial charge is 0.330 e. The summed E-state index contributed by atoms with van der Waals surface area (Å²) in [5, 5.41) is 2.70. The summed E-state index contributed by atoms with van der Waals surface area (Å²) >= 11 is 0. The lowest BCUT2D eigenvalue weighted by Crippen LogP contribution is -2.36. The molecule has 4 nitrogen and oxygen atoms in total. The molecule has 2 amide bonds. The average Bonchev–Trinajstić information content (AvgIpc) is 2.49. The molecule has 0 fully saturated rings. The Morgan fingerprint density at radius 3 is 2.57 bits per heavy atom. The number of amides is 2. The minimum Gasteiger partial charge on any atom is -0.330 e. The zero-order valence-corrected chi connectivity index (χ0v) is 11.6. The van der Waals surface area contributed by atoms with Gasteiger partial charge in [0.2, 0.25) is 0 Å². The van der Waals surface area contributed by atoms with E-state index in [-0.39, 0.29) is 11.8 Å². The van der Waals surface area contributed by atoms with Crippen LogP contribution in [0.2, 0.25) is 0 Å². The van der Waals surface area contributed by atoms with E-state index in [1.165, 1.54) is 12.1 Å². The van der Waals surface area contributed by atoms with Crippen LogP contribution in [-0.4, -0.2) is 19.1 Å². The third kappa shape index (κ3) is 4.29. The van der Waals surface area contributed by atoms with Crippen molar-refractivity contribution in [3.05, 3.63) is 60.4 Å². The van der Waals surface area contributed by atoms with E-state index >= 15 is 0 Å². The van der Waals surface area contributed by atoms with Gasteiger partial charge in [0.1, 0.15) is 5.82 Å². The topological polar surface area (TPSA) is 58.4 Å². The summed E-state index contributed by atoms with van der Waals surface area (Å²) < 4.78 is 13.2. The number of para-hydroxylation sites is 1. The van der Waals surface area contributed by atoms with Crippen molar-refractivity contribution in [1.82, 2.24) is 0 Å². The van der Waals surface area contributed by atoms with Crippen LogP contribution in [0.3, 0.4) is 0 Å². The van der Waals surface area contributed by atoms with Crippen molar-refractivity contribution in [1.29, 1.82) is 0 Å². The summed E-state index contributed by atoms with van der Waals surface area (Å²) in [6.45, 7) is 0.998. The predicted molar refractivity (Wildman–Crippen MR) is 82.9 cm³/mol. The van der Waals surface area contributed by atoms with Crippen LogP contribution in [0.15, 0.2) is 54.6 Å². The Bertz CT molecular complexity index is 589. The third-order valence-corrected chi connectivity index (χ3v) is 2.97. The molecule has 3 N–H and O–H groups in total. The molecule has 0 aromatic heterocycles. The Labute approximate surface area is 123 Å². The Kier molecular flexibility index (Phi) is 5.29. The molecule has 0 radical (unpaired) electrons. The van der Waals surface area contributed by atoms with Crippen LogP contribution in [0.1, 0.15) is 6.42 Å². The molecule has 5 heteroatoms. The average molecular weight is 287 g/mol. The normalized spacial score (nSPS) is 10.2. The molecular weight excluding hydrogens is 269 g/mol. The van der Waals surface area contributed by atoms with Crippen LogP contribution in [0, 0.1) is 5.82 Å². The van der Waals surface area contributed by atoms with Gasteiger partial charge in [0.15, 0.2) is 0 Å². The third-order valence-electron chi connectivity index (χ3n) is 2.97. The van der Waals surface area contributed by atoms with Gasteiger partial charge in [-0.3, -0.25) is 4.90 Å².